The number of fused-ring (bicyclic) bond motifs is 2. The summed E-state index contributed by atoms with van der Waals surface area (Å²) in [5.74, 6) is -0.773. The molecule has 39 heavy (non-hydrogen) atoms. The third-order valence-corrected chi connectivity index (χ3v) is 8.22. The summed E-state index contributed by atoms with van der Waals surface area (Å²) >= 11 is 0. The van der Waals surface area contributed by atoms with Gasteiger partial charge >= 0.3 is 12.2 Å². The fourth-order valence-corrected chi connectivity index (χ4v) is 6.17. The number of carbonyl (C=O) groups excluding carboxylic acids is 4. The number of benzene rings is 1. The maximum absolute atomic E-state index is 14.2. The van der Waals surface area contributed by atoms with Gasteiger partial charge in [-0.05, 0) is 57.1 Å². The number of nitrogens with one attached hydrogen (secondary N) is 2. The van der Waals surface area contributed by atoms with Crippen molar-refractivity contribution in [2.24, 2.45) is 5.92 Å². The highest BCUT2D eigenvalue weighted by molar-refractivity contribution is 6.07. The van der Waals surface area contributed by atoms with Crippen LogP contribution in [0.3, 0.4) is 0 Å². The number of likely N-dealkylation sites (tertiary alicyclic amines) is 2. The lowest BCUT2D eigenvalue weighted by molar-refractivity contribution is -0.147. The highest BCUT2D eigenvalue weighted by Crippen LogP contribution is 2.47. The van der Waals surface area contributed by atoms with Gasteiger partial charge in [-0.2, -0.15) is 0 Å². The number of urea groups is 1. The van der Waals surface area contributed by atoms with Gasteiger partial charge in [-0.1, -0.05) is 32.0 Å². The lowest BCUT2D eigenvalue weighted by atomic mass is 9.80. The molecule has 0 unspecified atom stereocenters. The van der Waals surface area contributed by atoms with E-state index >= 15 is 0 Å². The van der Waals surface area contributed by atoms with Crippen LogP contribution in [0.5, 0.6) is 0 Å². The van der Waals surface area contributed by atoms with Crippen molar-refractivity contribution in [1.82, 2.24) is 20.0 Å². The first-order chi connectivity index (χ1) is 18.6. The van der Waals surface area contributed by atoms with Crippen molar-refractivity contribution < 1.29 is 19.2 Å². The number of nitrogens with zero attached hydrogens (tertiary/aromatic N) is 4. The molecule has 2 saturated heterocycles. The van der Waals surface area contributed by atoms with Crippen LogP contribution in [0.25, 0.3) is 4.85 Å². The minimum Gasteiger partial charge on any atom is -0.329 e. The minimum atomic E-state index is -0.986. The Morgan fingerprint density at radius 3 is 2.51 bits per heavy atom. The van der Waals surface area contributed by atoms with Gasteiger partial charge < -0.3 is 20.4 Å². The zero-order valence-electron chi connectivity index (χ0n) is 23.4. The topological polar surface area (TPSA) is 106 Å². The lowest BCUT2D eigenvalue weighted by Gasteiger charge is -2.36. The second kappa shape index (κ2) is 11.6. The molecule has 5 amide bonds. The Hall–Kier alpha value is -3.61. The van der Waals surface area contributed by atoms with Crippen molar-refractivity contribution in [2.45, 2.75) is 83.5 Å². The summed E-state index contributed by atoms with van der Waals surface area (Å²) in [6, 6.07) is 5.53. The number of hydrogen-bond acceptors (Lipinski definition) is 4. The minimum absolute atomic E-state index is 0.0866. The van der Waals surface area contributed by atoms with Gasteiger partial charge in [0.25, 0.3) is 5.91 Å². The third kappa shape index (κ3) is 5.45. The molecule has 1 aromatic carbocycles. The summed E-state index contributed by atoms with van der Waals surface area (Å²) in [6.07, 6.45) is 2.80. The number of piperidine rings is 1. The Morgan fingerprint density at radius 2 is 1.87 bits per heavy atom. The van der Waals surface area contributed by atoms with E-state index < -0.39 is 23.7 Å². The molecule has 0 aromatic heterocycles. The molecule has 2 N–H and O–H groups in total. The zero-order chi connectivity index (χ0) is 28.3. The number of likely N-dealkylation sites (N-methyl/N-ethyl adjacent to an activating group) is 1. The van der Waals surface area contributed by atoms with Crippen LogP contribution in [-0.2, 0) is 19.8 Å². The molecule has 4 atom stereocenters. The molecule has 2 fully saturated rings. The Kier molecular flexibility index (Phi) is 8.48. The van der Waals surface area contributed by atoms with E-state index in [1.54, 1.807) is 11.8 Å². The summed E-state index contributed by atoms with van der Waals surface area (Å²) in [6.45, 7) is 17.0. The van der Waals surface area contributed by atoms with Crippen LogP contribution in [0.1, 0.15) is 65.4 Å². The molecular formula is C29H40N6O4. The second-order valence-corrected chi connectivity index (χ2v) is 11.4. The van der Waals surface area contributed by atoms with Crippen LogP contribution < -0.4 is 10.6 Å². The van der Waals surface area contributed by atoms with Gasteiger partial charge in [-0.15, -0.1) is 0 Å². The molecule has 3 heterocycles. The lowest BCUT2D eigenvalue weighted by Crippen LogP contribution is -2.58. The largest absolute Gasteiger partial charge is 0.329 e. The maximum Gasteiger partial charge on any atom is 0.318 e. The van der Waals surface area contributed by atoms with Crippen LogP contribution >= 0.6 is 0 Å². The molecule has 210 valence electrons. The Bertz CT molecular complexity index is 1160. The smallest absolute Gasteiger partial charge is 0.318 e. The first kappa shape index (κ1) is 28.4. The molecular weight excluding hydrogens is 496 g/mol. The normalized spacial score (nSPS) is 23.7. The van der Waals surface area contributed by atoms with Gasteiger partial charge in [0.05, 0.1) is 6.42 Å². The van der Waals surface area contributed by atoms with Crippen molar-refractivity contribution in [1.29, 1.82) is 0 Å². The maximum atomic E-state index is 14.2. The highest BCUT2D eigenvalue weighted by atomic mass is 16.2. The molecule has 1 aromatic rings. The predicted molar refractivity (Wildman–Crippen MR) is 148 cm³/mol. The molecule has 0 bridgehead atoms. The van der Waals surface area contributed by atoms with Crippen LogP contribution in [0.4, 0.5) is 10.5 Å². The fourth-order valence-electron chi connectivity index (χ4n) is 6.17. The summed E-state index contributed by atoms with van der Waals surface area (Å²) in [4.78, 5) is 62.3. The van der Waals surface area contributed by atoms with E-state index in [1.165, 1.54) is 9.80 Å². The summed E-state index contributed by atoms with van der Waals surface area (Å²) in [5, 5.41) is 5.75. The van der Waals surface area contributed by atoms with E-state index in [-0.39, 0.29) is 49.2 Å². The monoisotopic (exact) mass is 536 g/mol. The molecule has 10 heteroatoms. The third-order valence-electron chi connectivity index (χ3n) is 8.22. The number of para-hydroxylation sites is 1. The van der Waals surface area contributed by atoms with Crippen molar-refractivity contribution in [3.63, 3.8) is 0 Å². The Balaban J connectivity index is 1.56. The molecule has 0 saturated carbocycles. The van der Waals surface area contributed by atoms with E-state index in [2.05, 4.69) is 15.5 Å². The number of hydrogen-bond donors (Lipinski definition) is 2. The zero-order valence-corrected chi connectivity index (χ0v) is 23.4. The first-order valence-electron chi connectivity index (χ1n) is 14.1. The van der Waals surface area contributed by atoms with Gasteiger partial charge in [0.15, 0.2) is 0 Å². The average Bonchev–Trinajstić information content (AvgIpc) is 3.46. The van der Waals surface area contributed by atoms with Gasteiger partial charge in [-0.3, -0.25) is 24.1 Å². The molecule has 10 nitrogen and oxygen atoms in total. The van der Waals surface area contributed by atoms with E-state index in [9.17, 15) is 19.2 Å². The Labute approximate surface area is 230 Å². The van der Waals surface area contributed by atoms with Crippen molar-refractivity contribution in [3.05, 3.63) is 41.2 Å². The fraction of sp³-hybridized carbons (Fsp3) is 0.621. The van der Waals surface area contributed by atoms with Crippen molar-refractivity contribution >= 4 is 29.4 Å². The molecule has 3 aliphatic rings. The number of anilines is 1. The molecule has 0 radical (unpaired) electrons. The van der Waals surface area contributed by atoms with Crippen molar-refractivity contribution in [3.8, 4) is 0 Å². The summed E-state index contributed by atoms with van der Waals surface area (Å²) in [5.41, 5.74) is 0.528. The predicted octanol–water partition coefficient (Wildman–Crippen LogP) is 3.20. The van der Waals surface area contributed by atoms with E-state index in [1.807, 2.05) is 45.0 Å². The quantitative estimate of drug-likeness (QED) is 0.522. The van der Waals surface area contributed by atoms with E-state index in [4.69, 9.17) is 6.57 Å². The molecule has 3 aliphatic heterocycles. The number of rotatable bonds is 7. The van der Waals surface area contributed by atoms with Crippen molar-refractivity contribution in [2.75, 3.05) is 31.5 Å². The number of amides is 5. The number of carbonyl (C=O) groups is 4. The average molecular weight is 537 g/mol. The second-order valence-electron chi connectivity index (χ2n) is 11.4. The van der Waals surface area contributed by atoms with Crippen LogP contribution in [0, 0.1) is 12.5 Å². The Morgan fingerprint density at radius 1 is 1.18 bits per heavy atom. The van der Waals surface area contributed by atoms with Crippen LogP contribution in [0.2, 0.25) is 0 Å². The van der Waals surface area contributed by atoms with Gasteiger partial charge in [0.1, 0.15) is 17.5 Å². The molecule has 4 rings (SSSR count). The van der Waals surface area contributed by atoms with Gasteiger partial charge in [-0.25, -0.2) is 11.4 Å². The molecule has 1 spiro atoms. The van der Waals surface area contributed by atoms with Gasteiger partial charge in [0, 0.05) is 31.9 Å². The summed E-state index contributed by atoms with van der Waals surface area (Å²) in [7, 11) is 0. The van der Waals surface area contributed by atoms with Crippen LogP contribution in [-0.4, -0.2) is 82.9 Å². The summed E-state index contributed by atoms with van der Waals surface area (Å²) < 4.78 is 0. The van der Waals surface area contributed by atoms with E-state index in [0.29, 0.717) is 25.2 Å². The van der Waals surface area contributed by atoms with Gasteiger partial charge in [0.2, 0.25) is 11.8 Å². The first-order valence-corrected chi connectivity index (χ1v) is 14.1. The van der Waals surface area contributed by atoms with E-state index in [0.717, 1.165) is 24.8 Å². The molecule has 0 aliphatic carbocycles. The van der Waals surface area contributed by atoms with Crippen LogP contribution in [0.15, 0.2) is 24.3 Å². The highest BCUT2D eigenvalue weighted by Gasteiger charge is 2.59. The standard InChI is InChI=1S/C29H40N6O4/c1-6-34(25(36)20(4)31-28(39)33-14-10-7-11-15-33)23(16-19(2)3)26(37)35-18-29(17-24(35)30-5)21-12-8-9-13-22(21)32-27(29)38/h8-9,12-13,19-20,23-24H,6-7,10-11,14-18H2,1-4H3,(H,31,39)(H,32,38)/t20-,23-,24-,29-/m0/s1. The SMILES string of the molecule is [C-]#[N+][C@@H]1C[C@@]2(CN1C(=O)[C@H](CC(C)C)N(CC)C(=O)[C@H](C)NC(=O)N1CCCCC1)C(=O)Nc1ccccc12.